The second-order valence-corrected chi connectivity index (χ2v) is 7.94. The molecular formula is C18H16FN3O3S. The molecule has 0 atom stereocenters. The Balaban J connectivity index is 1.61. The molecule has 0 spiro atoms. The van der Waals surface area contributed by atoms with Crippen LogP contribution in [0.25, 0.3) is 11.5 Å². The maximum absolute atomic E-state index is 13.4. The van der Waals surface area contributed by atoms with Crippen LogP contribution in [0.2, 0.25) is 0 Å². The van der Waals surface area contributed by atoms with Gasteiger partial charge in [0.25, 0.3) is 10.0 Å². The van der Waals surface area contributed by atoms with Crippen LogP contribution in [0.3, 0.4) is 0 Å². The molecule has 0 radical (unpaired) electrons. The normalized spacial score (nSPS) is 13.6. The Kier molecular flexibility index (Phi) is 3.99. The Morgan fingerprint density at radius 3 is 2.73 bits per heavy atom. The highest BCUT2D eigenvalue weighted by Gasteiger charge is 2.21. The van der Waals surface area contributed by atoms with Gasteiger partial charge in [0.1, 0.15) is 5.82 Å². The van der Waals surface area contributed by atoms with Gasteiger partial charge in [0.05, 0.1) is 4.90 Å². The Hall–Kier alpha value is -2.74. The van der Waals surface area contributed by atoms with Crippen molar-refractivity contribution >= 4 is 16.0 Å². The van der Waals surface area contributed by atoms with Crippen LogP contribution >= 0.6 is 0 Å². The molecule has 0 amide bonds. The topological polar surface area (TPSA) is 85.1 Å². The van der Waals surface area contributed by atoms with Gasteiger partial charge in [-0.15, -0.1) is 5.10 Å². The zero-order valence-electron chi connectivity index (χ0n) is 14.0. The van der Waals surface area contributed by atoms with E-state index in [1.54, 1.807) is 25.1 Å². The lowest BCUT2D eigenvalue weighted by molar-refractivity contribution is 0.575. The summed E-state index contributed by atoms with van der Waals surface area (Å²) in [6.45, 7) is 1.77. The molecule has 2 aromatic carbocycles. The highest BCUT2D eigenvalue weighted by atomic mass is 32.2. The van der Waals surface area contributed by atoms with E-state index in [2.05, 4.69) is 14.9 Å². The van der Waals surface area contributed by atoms with Crippen LogP contribution in [0.5, 0.6) is 0 Å². The van der Waals surface area contributed by atoms with Crippen LogP contribution in [-0.4, -0.2) is 18.6 Å². The number of hydrogen-bond acceptors (Lipinski definition) is 5. The van der Waals surface area contributed by atoms with Gasteiger partial charge < -0.3 is 4.42 Å². The summed E-state index contributed by atoms with van der Waals surface area (Å²) in [7, 11) is -3.84. The summed E-state index contributed by atoms with van der Waals surface area (Å²) in [6.07, 6.45) is 2.89. The number of aryl methyl sites for hydroxylation is 3. The SMILES string of the molecule is Cc1ccc(F)cc1-c1nnc(NS(=O)(=O)c2ccc3c(c2)CCC3)o1. The standard InChI is InChI=1S/C18H16FN3O3S/c1-11-5-7-14(19)10-16(11)17-20-21-18(25-17)22-26(23,24)15-8-6-12-3-2-4-13(12)9-15/h5-10H,2-4H2,1H3,(H,21,22). The van der Waals surface area contributed by atoms with Crippen LogP contribution in [-0.2, 0) is 22.9 Å². The number of hydrogen-bond donors (Lipinski definition) is 1. The van der Waals surface area contributed by atoms with Gasteiger partial charge in [-0.05, 0) is 67.1 Å². The lowest BCUT2D eigenvalue weighted by Crippen LogP contribution is -2.13. The van der Waals surface area contributed by atoms with Crippen molar-refractivity contribution in [2.75, 3.05) is 4.72 Å². The number of halogens is 1. The quantitative estimate of drug-likeness (QED) is 0.757. The molecule has 0 saturated carbocycles. The predicted octanol–water partition coefficient (Wildman–Crippen LogP) is 3.47. The lowest BCUT2D eigenvalue weighted by atomic mass is 10.1. The predicted molar refractivity (Wildman–Crippen MR) is 93.7 cm³/mol. The molecule has 1 aromatic heterocycles. The molecule has 1 aliphatic carbocycles. The zero-order valence-corrected chi connectivity index (χ0v) is 14.8. The Bertz CT molecular complexity index is 1090. The molecule has 8 heteroatoms. The summed E-state index contributed by atoms with van der Waals surface area (Å²) in [6, 6.07) is 9.01. The first-order valence-corrected chi connectivity index (χ1v) is 9.65. The van der Waals surface area contributed by atoms with E-state index in [0.29, 0.717) is 5.56 Å². The average molecular weight is 373 g/mol. The molecular weight excluding hydrogens is 357 g/mol. The molecule has 26 heavy (non-hydrogen) atoms. The fourth-order valence-electron chi connectivity index (χ4n) is 3.09. The number of nitrogens with one attached hydrogen (secondary N) is 1. The van der Waals surface area contributed by atoms with Crippen molar-refractivity contribution in [3.63, 3.8) is 0 Å². The van der Waals surface area contributed by atoms with Gasteiger partial charge in [-0.3, -0.25) is 0 Å². The third kappa shape index (κ3) is 3.08. The van der Waals surface area contributed by atoms with E-state index in [1.807, 2.05) is 6.07 Å². The van der Waals surface area contributed by atoms with E-state index in [-0.39, 0.29) is 16.8 Å². The molecule has 134 valence electrons. The molecule has 1 N–H and O–H groups in total. The van der Waals surface area contributed by atoms with Crippen LogP contribution in [0.15, 0.2) is 45.7 Å². The lowest BCUT2D eigenvalue weighted by Gasteiger charge is -2.06. The number of anilines is 1. The van der Waals surface area contributed by atoms with E-state index >= 15 is 0 Å². The number of sulfonamides is 1. The fourth-order valence-corrected chi connectivity index (χ4v) is 4.06. The van der Waals surface area contributed by atoms with Crippen molar-refractivity contribution in [3.05, 3.63) is 58.9 Å². The summed E-state index contributed by atoms with van der Waals surface area (Å²) in [4.78, 5) is 0.153. The molecule has 0 saturated heterocycles. The maximum atomic E-state index is 13.4. The fraction of sp³-hybridized carbons (Fsp3) is 0.222. The highest BCUT2D eigenvalue weighted by Crippen LogP contribution is 2.27. The second kappa shape index (κ2) is 6.21. The van der Waals surface area contributed by atoms with Gasteiger partial charge in [0.15, 0.2) is 0 Å². The van der Waals surface area contributed by atoms with E-state index in [1.165, 1.54) is 17.7 Å². The molecule has 0 unspecified atom stereocenters. The van der Waals surface area contributed by atoms with Gasteiger partial charge in [-0.25, -0.2) is 17.5 Å². The number of aromatic nitrogens is 2. The summed E-state index contributed by atoms with van der Waals surface area (Å²) >= 11 is 0. The second-order valence-electron chi connectivity index (χ2n) is 6.26. The van der Waals surface area contributed by atoms with Gasteiger partial charge >= 0.3 is 6.01 Å². The van der Waals surface area contributed by atoms with Gasteiger partial charge in [-0.2, -0.15) is 0 Å². The van der Waals surface area contributed by atoms with Gasteiger partial charge in [0, 0.05) is 5.56 Å². The smallest absolute Gasteiger partial charge is 0.330 e. The monoisotopic (exact) mass is 373 g/mol. The van der Waals surface area contributed by atoms with Crippen LogP contribution in [0.1, 0.15) is 23.1 Å². The molecule has 1 heterocycles. The van der Waals surface area contributed by atoms with Crippen molar-refractivity contribution < 1.29 is 17.2 Å². The first-order chi connectivity index (χ1) is 12.4. The summed E-state index contributed by atoms with van der Waals surface area (Å²) in [5.74, 6) is -0.391. The first kappa shape index (κ1) is 16.7. The molecule has 3 aromatic rings. The van der Waals surface area contributed by atoms with Crippen molar-refractivity contribution in [2.45, 2.75) is 31.1 Å². The van der Waals surface area contributed by atoms with Gasteiger partial charge in [0.2, 0.25) is 5.89 Å². The van der Waals surface area contributed by atoms with Crippen molar-refractivity contribution in [2.24, 2.45) is 0 Å². The maximum Gasteiger partial charge on any atom is 0.330 e. The third-order valence-corrected chi connectivity index (χ3v) is 5.77. The Morgan fingerprint density at radius 2 is 1.88 bits per heavy atom. The number of rotatable bonds is 4. The molecule has 0 fully saturated rings. The molecule has 6 nitrogen and oxygen atoms in total. The van der Waals surface area contributed by atoms with Crippen molar-refractivity contribution in [1.29, 1.82) is 0 Å². The van der Waals surface area contributed by atoms with E-state index in [9.17, 15) is 12.8 Å². The molecule has 0 aliphatic heterocycles. The summed E-state index contributed by atoms with van der Waals surface area (Å²) in [5.41, 5.74) is 3.39. The largest absolute Gasteiger partial charge is 0.403 e. The number of nitrogens with zero attached hydrogens (tertiary/aromatic N) is 2. The molecule has 1 aliphatic rings. The Morgan fingerprint density at radius 1 is 1.08 bits per heavy atom. The van der Waals surface area contributed by atoms with E-state index in [0.717, 1.165) is 30.4 Å². The third-order valence-electron chi connectivity index (χ3n) is 4.46. The summed E-state index contributed by atoms with van der Waals surface area (Å²) in [5, 5.41) is 7.53. The zero-order chi connectivity index (χ0) is 18.3. The van der Waals surface area contributed by atoms with Crippen LogP contribution in [0, 0.1) is 12.7 Å². The number of benzene rings is 2. The first-order valence-electron chi connectivity index (χ1n) is 8.17. The highest BCUT2D eigenvalue weighted by molar-refractivity contribution is 7.92. The van der Waals surface area contributed by atoms with Gasteiger partial charge in [-0.1, -0.05) is 17.2 Å². The minimum absolute atomic E-state index is 0.0497. The number of fused-ring (bicyclic) bond motifs is 1. The minimum atomic E-state index is -3.84. The van der Waals surface area contributed by atoms with Crippen molar-refractivity contribution in [3.8, 4) is 11.5 Å². The minimum Gasteiger partial charge on any atom is -0.403 e. The molecule has 4 rings (SSSR count). The van der Waals surface area contributed by atoms with Crippen molar-refractivity contribution in [1.82, 2.24) is 10.2 Å². The van der Waals surface area contributed by atoms with E-state index in [4.69, 9.17) is 4.42 Å². The summed E-state index contributed by atoms with van der Waals surface area (Å²) < 4.78 is 46.2. The average Bonchev–Trinajstić information content (AvgIpc) is 3.25. The Labute approximate surface area is 150 Å². The van der Waals surface area contributed by atoms with E-state index < -0.39 is 15.8 Å². The van der Waals surface area contributed by atoms with Crippen LogP contribution < -0.4 is 4.72 Å². The molecule has 0 bridgehead atoms. The van der Waals surface area contributed by atoms with Crippen LogP contribution in [0.4, 0.5) is 10.4 Å².